The van der Waals surface area contributed by atoms with Gasteiger partial charge in [0.05, 0.1) is 12.1 Å². The average molecular weight is 470 g/mol. The fraction of sp³-hybridized carbons (Fsp3) is 0.154. The number of aromatic nitrogens is 5. The zero-order valence-electron chi connectivity index (χ0n) is 18.5. The molecule has 1 fully saturated rings. The van der Waals surface area contributed by atoms with E-state index in [4.69, 9.17) is 0 Å². The van der Waals surface area contributed by atoms with Crippen LogP contribution in [-0.4, -0.2) is 36.6 Å². The van der Waals surface area contributed by atoms with Crippen molar-refractivity contribution in [2.24, 2.45) is 5.92 Å². The SMILES string of the molecule is O=C(C1CC(F)(F)C1)n1cc2ccc(-c3nccc(Nc4ccc(-c5cn[nH]c5)cc4)n3)cc2c1. The van der Waals surface area contributed by atoms with Crippen molar-refractivity contribution in [3.05, 3.63) is 79.5 Å². The number of fused-ring (bicyclic) bond motifs is 1. The molecule has 0 spiro atoms. The second-order valence-corrected chi connectivity index (χ2v) is 8.76. The Morgan fingerprint density at radius 1 is 1.00 bits per heavy atom. The molecule has 35 heavy (non-hydrogen) atoms. The van der Waals surface area contributed by atoms with E-state index >= 15 is 0 Å². The molecule has 0 saturated heterocycles. The van der Waals surface area contributed by atoms with Crippen LogP contribution in [0.5, 0.6) is 0 Å². The lowest BCUT2D eigenvalue weighted by Gasteiger charge is -2.33. The standard InChI is InChI=1S/C26H20F2N6O/c27-26(28)10-20(11-26)25(35)34-14-18-2-1-17(9-19(18)15-34)24-29-8-7-23(33-24)32-22-5-3-16(4-6-22)21-12-30-31-13-21/h1-9,12-15,20H,10-11H2,(H,30,31)(H,29,32,33). The number of hydrogen-bond acceptors (Lipinski definition) is 5. The second-order valence-electron chi connectivity index (χ2n) is 8.76. The van der Waals surface area contributed by atoms with E-state index in [1.54, 1.807) is 30.9 Å². The summed E-state index contributed by atoms with van der Waals surface area (Å²) in [4.78, 5) is 21.6. The molecule has 0 aliphatic heterocycles. The van der Waals surface area contributed by atoms with Gasteiger partial charge in [0.25, 0.3) is 0 Å². The summed E-state index contributed by atoms with van der Waals surface area (Å²) in [6, 6.07) is 15.4. The van der Waals surface area contributed by atoms with Crippen molar-refractivity contribution < 1.29 is 13.6 Å². The van der Waals surface area contributed by atoms with Crippen LogP contribution in [0.15, 0.2) is 79.5 Å². The van der Waals surface area contributed by atoms with Gasteiger partial charge in [-0.2, -0.15) is 5.10 Å². The smallest absolute Gasteiger partial charge is 0.249 e. The maximum atomic E-state index is 13.2. The molecular formula is C26H20F2N6O. The molecule has 3 aromatic heterocycles. The minimum Gasteiger partial charge on any atom is -0.340 e. The van der Waals surface area contributed by atoms with Crippen molar-refractivity contribution in [3.63, 3.8) is 0 Å². The summed E-state index contributed by atoms with van der Waals surface area (Å²) in [6.45, 7) is 0. The fourth-order valence-electron chi connectivity index (χ4n) is 4.32. The van der Waals surface area contributed by atoms with Crippen LogP contribution in [0.1, 0.15) is 17.6 Å². The van der Waals surface area contributed by atoms with Gasteiger partial charge in [0.2, 0.25) is 11.8 Å². The summed E-state index contributed by atoms with van der Waals surface area (Å²) >= 11 is 0. The molecule has 0 amide bonds. The molecule has 0 radical (unpaired) electrons. The largest absolute Gasteiger partial charge is 0.340 e. The molecular weight excluding hydrogens is 450 g/mol. The van der Waals surface area contributed by atoms with Gasteiger partial charge < -0.3 is 5.32 Å². The monoisotopic (exact) mass is 470 g/mol. The summed E-state index contributed by atoms with van der Waals surface area (Å²) < 4.78 is 27.8. The fourth-order valence-corrected chi connectivity index (χ4v) is 4.32. The molecule has 174 valence electrons. The predicted octanol–water partition coefficient (Wildman–Crippen LogP) is 5.92. The van der Waals surface area contributed by atoms with Crippen LogP contribution in [0.25, 0.3) is 33.3 Å². The molecule has 6 rings (SSSR count). The molecule has 7 nitrogen and oxygen atoms in total. The zero-order valence-corrected chi connectivity index (χ0v) is 18.5. The highest BCUT2D eigenvalue weighted by molar-refractivity contribution is 5.92. The first-order valence-electron chi connectivity index (χ1n) is 11.2. The molecule has 3 heterocycles. The molecule has 2 N–H and O–H groups in total. The number of aromatic amines is 1. The lowest BCUT2D eigenvalue weighted by molar-refractivity contribution is -0.0999. The number of anilines is 2. The van der Waals surface area contributed by atoms with E-state index in [-0.39, 0.29) is 18.7 Å². The maximum Gasteiger partial charge on any atom is 0.249 e. The second kappa shape index (κ2) is 8.12. The molecule has 9 heteroatoms. The number of rotatable bonds is 5. The number of carbonyl (C=O) groups excluding carboxylic acids is 1. The average Bonchev–Trinajstić information content (AvgIpc) is 3.52. The Labute approximate surface area is 198 Å². The lowest BCUT2D eigenvalue weighted by atomic mass is 9.81. The molecule has 5 aromatic rings. The Balaban J connectivity index is 1.21. The highest BCUT2D eigenvalue weighted by atomic mass is 19.3. The van der Waals surface area contributed by atoms with Gasteiger partial charge in [-0.1, -0.05) is 24.3 Å². The van der Waals surface area contributed by atoms with Crippen LogP contribution in [0.2, 0.25) is 0 Å². The third-order valence-corrected chi connectivity index (χ3v) is 6.24. The van der Waals surface area contributed by atoms with Gasteiger partial charge in [-0.15, -0.1) is 0 Å². The van der Waals surface area contributed by atoms with Crippen molar-refractivity contribution in [2.45, 2.75) is 18.8 Å². The minimum absolute atomic E-state index is 0.296. The zero-order chi connectivity index (χ0) is 24.0. The first-order chi connectivity index (χ1) is 16.9. The molecule has 0 unspecified atom stereocenters. The van der Waals surface area contributed by atoms with Crippen molar-refractivity contribution >= 4 is 28.2 Å². The van der Waals surface area contributed by atoms with Crippen LogP contribution in [0.3, 0.4) is 0 Å². The van der Waals surface area contributed by atoms with E-state index in [0.717, 1.165) is 33.2 Å². The summed E-state index contributed by atoms with van der Waals surface area (Å²) in [7, 11) is 0. The third kappa shape index (κ3) is 4.16. The first-order valence-corrected chi connectivity index (χ1v) is 11.2. The molecule has 0 bridgehead atoms. The van der Waals surface area contributed by atoms with Gasteiger partial charge in [0.15, 0.2) is 5.82 Å². The molecule has 1 aliphatic carbocycles. The number of nitrogens with zero attached hydrogens (tertiary/aromatic N) is 4. The van der Waals surface area contributed by atoms with Gasteiger partial charge in [0.1, 0.15) is 5.82 Å². The molecule has 0 atom stereocenters. The summed E-state index contributed by atoms with van der Waals surface area (Å²) in [5.41, 5.74) is 3.74. The number of halogens is 2. The van der Waals surface area contributed by atoms with Crippen LogP contribution >= 0.6 is 0 Å². The highest BCUT2D eigenvalue weighted by Crippen LogP contribution is 2.43. The van der Waals surface area contributed by atoms with E-state index < -0.39 is 11.8 Å². The van der Waals surface area contributed by atoms with Gasteiger partial charge in [0, 0.05) is 59.8 Å². The minimum atomic E-state index is -2.72. The van der Waals surface area contributed by atoms with Crippen LogP contribution in [-0.2, 0) is 0 Å². The normalized spacial score (nSPS) is 15.1. The number of hydrogen-bond donors (Lipinski definition) is 2. The van der Waals surface area contributed by atoms with Crippen molar-refractivity contribution in [3.8, 4) is 22.5 Å². The Hall–Kier alpha value is -4.40. The van der Waals surface area contributed by atoms with Gasteiger partial charge in [-0.05, 0) is 35.2 Å². The summed E-state index contributed by atoms with van der Waals surface area (Å²) in [5, 5.41) is 11.7. The Morgan fingerprint density at radius 3 is 2.51 bits per heavy atom. The van der Waals surface area contributed by atoms with Gasteiger partial charge in [-0.25, -0.2) is 18.7 Å². The quantitative estimate of drug-likeness (QED) is 0.333. The Bertz CT molecular complexity index is 1520. The Kier molecular flexibility index (Phi) is 4.91. The van der Waals surface area contributed by atoms with Crippen molar-refractivity contribution in [1.29, 1.82) is 0 Å². The Morgan fingerprint density at radius 2 is 1.77 bits per heavy atom. The lowest BCUT2D eigenvalue weighted by Crippen LogP contribution is -2.41. The number of carbonyl (C=O) groups is 1. The summed E-state index contributed by atoms with van der Waals surface area (Å²) in [6.07, 6.45) is 7.89. The van der Waals surface area contributed by atoms with E-state index in [0.29, 0.717) is 11.6 Å². The number of H-pyrrole nitrogens is 1. The van der Waals surface area contributed by atoms with Crippen molar-refractivity contribution in [2.75, 3.05) is 5.32 Å². The highest BCUT2D eigenvalue weighted by Gasteiger charge is 2.49. The molecule has 1 saturated carbocycles. The number of alkyl halides is 2. The van der Waals surface area contributed by atoms with E-state index in [2.05, 4.69) is 25.5 Å². The van der Waals surface area contributed by atoms with Crippen LogP contribution < -0.4 is 5.32 Å². The van der Waals surface area contributed by atoms with E-state index in [1.165, 1.54) is 4.57 Å². The maximum absolute atomic E-state index is 13.2. The topological polar surface area (TPSA) is 88.5 Å². The molecule has 2 aromatic carbocycles. The van der Waals surface area contributed by atoms with E-state index in [1.807, 2.05) is 48.7 Å². The predicted molar refractivity (Wildman–Crippen MR) is 129 cm³/mol. The summed E-state index contributed by atoms with van der Waals surface area (Å²) in [5.74, 6) is -2.48. The molecule has 1 aliphatic rings. The van der Waals surface area contributed by atoms with Crippen molar-refractivity contribution in [1.82, 2.24) is 24.7 Å². The number of benzene rings is 2. The van der Waals surface area contributed by atoms with Gasteiger partial charge >= 0.3 is 0 Å². The number of nitrogens with one attached hydrogen (secondary N) is 2. The third-order valence-electron chi connectivity index (χ3n) is 6.24. The van der Waals surface area contributed by atoms with Gasteiger partial charge in [-0.3, -0.25) is 14.5 Å². The van der Waals surface area contributed by atoms with Crippen LogP contribution in [0.4, 0.5) is 20.3 Å². The van der Waals surface area contributed by atoms with E-state index in [9.17, 15) is 13.6 Å². The first kappa shape index (κ1) is 21.2. The van der Waals surface area contributed by atoms with Crippen LogP contribution in [0, 0.1) is 5.92 Å².